The van der Waals surface area contributed by atoms with Crippen LogP contribution in [-0.4, -0.2) is 30.1 Å². The smallest absolute Gasteiger partial charge is 0.408 e. The van der Waals surface area contributed by atoms with E-state index in [1.807, 2.05) is 12.1 Å². The Hall–Kier alpha value is -3.32. The first-order valence-corrected chi connectivity index (χ1v) is 10.1. The van der Waals surface area contributed by atoms with Gasteiger partial charge in [0.2, 0.25) is 11.8 Å². The maximum absolute atomic E-state index is 12.0. The highest BCUT2D eigenvalue weighted by atomic mass is 35.5. The molecule has 0 aliphatic carbocycles. The number of anilines is 1. The van der Waals surface area contributed by atoms with Crippen LogP contribution in [-0.2, 0) is 20.9 Å². The van der Waals surface area contributed by atoms with Gasteiger partial charge in [0.25, 0.3) is 0 Å². The zero-order chi connectivity index (χ0) is 22.9. The van der Waals surface area contributed by atoms with E-state index in [0.717, 1.165) is 11.1 Å². The van der Waals surface area contributed by atoms with Gasteiger partial charge in [-0.25, -0.2) is 4.79 Å². The average molecular weight is 444 g/mol. The normalized spacial score (nSPS) is 11.1. The van der Waals surface area contributed by atoms with Gasteiger partial charge in [0.1, 0.15) is 12.1 Å². The van der Waals surface area contributed by atoms with Gasteiger partial charge in [0.05, 0.1) is 0 Å². The van der Waals surface area contributed by atoms with Crippen molar-refractivity contribution in [2.45, 2.75) is 32.9 Å². The number of halogens is 1. The van der Waals surface area contributed by atoms with Gasteiger partial charge in [0, 0.05) is 23.3 Å². The number of hydrogen-bond acceptors (Lipinski definition) is 4. The Morgan fingerprint density at radius 2 is 1.61 bits per heavy atom. The van der Waals surface area contributed by atoms with E-state index in [-0.39, 0.29) is 18.4 Å². The lowest BCUT2D eigenvalue weighted by Gasteiger charge is -2.19. The van der Waals surface area contributed by atoms with Crippen LogP contribution in [0.15, 0.2) is 54.6 Å². The molecule has 0 heterocycles. The number of nitrogens with one attached hydrogen (secondary N) is 3. The van der Waals surface area contributed by atoms with Crippen molar-refractivity contribution in [2.24, 2.45) is 0 Å². The fourth-order valence-electron chi connectivity index (χ4n) is 2.37. The second-order valence-electron chi connectivity index (χ2n) is 7.70. The molecule has 0 spiro atoms. The fraction of sp³-hybridized carbons (Fsp3) is 0.261. The van der Waals surface area contributed by atoms with E-state index in [4.69, 9.17) is 16.3 Å². The molecular weight excluding hydrogens is 418 g/mol. The molecule has 3 N–H and O–H groups in total. The predicted octanol–water partition coefficient (Wildman–Crippen LogP) is 4.13. The van der Waals surface area contributed by atoms with Crippen molar-refractivity contribution in [1.29, 1.82) is 0 Å². The van der Waals surface area contributed by atoms with E-state index in [9.17, 15) is 14.4 Å². The van der Waals surface area contributed by atoms with E-state index in [0.29, 0.717) is 17.3 Å². The molecule has 0 aromatic heterocycles. The molecular formula is C23H26ClN3O4. The SMILES string of the molecule is CC(C)(C)OC(=O)NCC(=O)NCc1ccc(NC(=O)/C=C/c2ccc(Cl)cc2)cc1. The van der Waals surface area contributed by atoms with Crippen LogP contribution < -0.4 is 16.0 Å². The van der Waals surface area contributed by atoms with Gasteiger partial charge >= 0.3 is 6.09 Å². The number of amides is 3. The van der Waals surface area contributed by atoms with Crippen LogP contribution in [0.4, 0.5) is 10.5 Å². The third kappa shape index (κ3) is 9.82. The van der Waals surface area contributed by atoms with Crippen molar-refractivity contribution in [1.82, 2.24) is 10.6 Å². The van der Waals surface area contributed by atoms with Gasteiger partial charge in [-0.05, 0) is 62.2 Å². The number of hydrogen-bond donors (Lipinski definition) is 3. The second-order valence-corrected chi connectivity index (χ2v) is 8.14. The van der Waals surface area contributed by atoms with Gasteiger partial charge < -0.3 is 20.7 Å². The summed E-state index contributed by atoms with van der Waals surface area (Å²) in [6.45, 7) is 5.35. The molecule has 0 aliphatic heterocycles. The Morgan fingerprint density at radius 1 is 0.968 bits per heavy atom. The molecule has 3 amide bonds. The van der Waals surface area contributed by atoms with Crippen molar-refractivity contribution in [3.63, 3.8) is 0 Å². The third-order valence-corrected chi connectivity index (χ3v) is 4.05. The van der Waals surface area contributed by atoms with Crippen LogP contribution in [0.1, 0.15) is 31.9 Å². The Kier molecular flexibility index (Phi) is 8.63. The zero-order valence-electron chi connectivity index (χ0n) is 17.7. The van der Waals surface area contributed by atoms with Gasteiger partial charge in [-0.3, -0.25) is 9.59 Å². The van der Waals surface area contributed by atoms with Gasteiger partial charge in [0.15, 0.2) is 0 Å². The summed E-state index contributed by atoms with van der Waals surface area (Å²) in [4.78, 5) is 35.4. The summed E-state index contributed by atoms with van der Waals surface area (Å²) in [6.07, 6.45) is 2.49. The number of benzene rings is 2. The minimum Gasteiger partial charge on any atom is -0.444 e. The molecule has 0 unspecified atom stereocenters. The second kappa shape index (κ2) is 11.2. The van der Waals surface area contributed by atoms with Gasteiger partial charge in [-0.1, -0.05) is 35.9 Å². The molecule has 0 bridgehead atoms. The predicted molar refractivity (Wildman–Crippen MR) is 122 cm³/mol. The zero-order valence-corrected chi connectivity index (χ0v) is 18.5. The van der Waals surface area contributed by atoms with Crippen molar-refractivity contribution in [3.05, 3.63) is 70.8 Å². The first-order valence-electron chi connectivity index (χ1n) is 9.68. The summed E-state index contributed by atoms with van der Waals surface area (Å²) in [6, 6.07) is 14.2. The highest BCUT2D eigenvalue weighted by Gasteiger charge is 2.16. The Bertz CT molecular complexity index is 933. The Labute approximate surface area is 186 Å². The monoisotopic (exact) mass is 443 g/mol. The van der Waals surface area contributed by atoms with Crippen molar-refractivity contribution in [3.8, 4) is 0 Å². The molecule has 0 saturated heterocycles. The topological polar surface area (TPSA) is 96.5 Å². The largest absolute Gasteiger partial charge is 0.444 e. The molecule has 0 radical (unpaired) electrons. The molecule has 8 heteroatoms. The van der Waals surface area contributed by atoms with Crippen LogP contribution in [0.3, 0.4) is 0 Å². The van der Waals surface area contributed by atoms with Crippen molar-refractivity contribution in [2.75, 3.05) is 11.9 Å². The van der Waals surface area contributed by atoms with E-state index in [1.165, 1.54) is 6.08 Å². The number of carbonyl (C=O) groups excluding carboxylic acids is 3. The summed E-state index contributed by atoms with van der Waals surface area (Å²) >= 11 is 5.83. The first-order chi connectivity index (χ1) is 14.6. The molecule has 0 saturated carbocycles. The lowest BCUT2D eigenvalue weighted by Crippen LogP contribution is -2.39. The highest BCUT2D eigenvalue weighted by molar-refractivity contribution is 6.30. The van der Waals surface area contributed by atoms with Crippen LogP contribution in [0.25, 0.3) is 6.08 Å². The summed E-state index contributed by atoms with van der Waals surface area (Å²) in [5.74, 6) is -0.597. The molecule has 0 fully saturated rings. The molecule has 2 rings (SSSR count). The fourth-order valence-corrected chi connectivity index (χ4v) is 2.49. The quantitative estimate of drug-likeness (QED) is 0.560. The van der Waals surface area contributed by atoms with Crippen molar-refractivity contribution < 1.29 is 19.1 Å². The Morgan fingerprint density at radius 3 is 2.23 bits per heavy atom. The van der Waals surface area contributed by atoms with E-state index in [1.54, 1.807) is 63.2 Å². The third-order valence-electron chi connectivity index (χ3n) is 3.80. The van der Waals surface area contributed by atoms with Crippen LogP contribution >= 0.6 is 11.6 Å². The molecule has 31 heavy (non-hydrogen) atoms. The van der Waals surface area contributed by atoms with E-state index in [2.05, 4.69) is 16.0 Å². The molecule has 164 valence electrons. The maximum Gasteiger partial charge on any atom is 0.408 e. The standard InChI is InChI=1S/C23H26ClN3O4/c1-23(2,3)31-22(30)26-15-21(29)25-14-17-6-11-19(12-7-17)27-20(28)13-8-16-4-9-18(24)10-5-16/h4-13H,14-15H2,1-3H3,(H,25,29)(H,26,30)(H,27,28)/b13-8+. The number of alkyl carbamates (subject to hydrolysis) is 1. The average Bonchev–Trinajstić information content (AvgIpc) is 2.70. The number of carbonyl (C=O) groups is 3. The summed E-state index contributed by atoms with van der Waals surface area (Å²) in [5.41, 5.74) is 1.73. The summed E-state index contributed by atoms with van der Waals surface area (Å²) in [5, 5.41) is 8.50. The Balaban J connectivity index is 1.74. The first kappa shape index (κ1) is 24.0. The van der Waals surface area contributed by atoms with Gasteiger partial charge in [-0.2, -0.15) is 0 Å². The van der Waals surface area contributed by atoms with Crippen LogP contribution in [0, 0.1) is 0 Å². The lowest BCUT2D eigenvalue weighted by molar-refractivity contribution is -0.120. The molecule has 0 atom stereocenters. The summed E-state index contributed by atoms with van der Waals surface area (Å²) < 4.78 is 5.07. The number of rotatable bonds is 7. The van der Waals surface area contributed by atoms with Crippen LogP contribution in [0.5, 0.6) is 0 Å². The molecule has 7 nitrogen and oxygen atoms in total. The van der Waals surface area contributed by atoms with E-state index < -0.39 is 11.7 Å². The summed E-state index contributed by atoms with van der Waals surface area (Å²) in [7, 11) is 0. The van der Waals surface area contributed by atoms with Crippen LogP contribution in [0.2, 0.25) is 5.02 Å². The van der Waals surface area contributed by atoms with Gasteiger partial charge in [-0.15, -0.1) is 0 Å². The minimum absolute atomic E-state index is 0.178. The highest BCUT2D eigenvalue weighted by Crippen LogP contribution is 2.12. The maximum atomic E-state index is 12.0. The van der Waals surface area contributed by atoms with Crippen molar-refractivity contribution >= 4 is 41.3 Å². The molecule has 2 aromatic carbocycles. The molecule has 2 aromatic rings. The minimum atomic E-state index is -0.646. The number of ether oxygens (including phenoxy) is 1. The lowest BCUT2D eigenvalue weighted by atomic mass is 10.2. The molecule has 0 aliphatic rings. The van der Waals surface area contributed by atoms with E-state index >= 15 is 0 Å².